The van der Waals surface area contributed by atoms with Gasteiger partial charge in [0.05, 0.1) is 25.2 Å². The van der Waals surface area contributed by atoms with Gasteiger partial charge in [-0.1, -0.05) is 12.1 Å². The molecule has 1 fully saturated rings. The van der Waals surface area contributed by atoms with E-state index < -0.39 is 0 Å². The number of hydrogen-bond donors (Lipinski definition) is 0. The maximum absolute atomic E-state index is 12.6. The van der Waals surface area contributed by atoms with Gasteiger partial charge in [-0.05, 0) is 43.7 Å². The fourth-order valence-corrected chi connectivity index (χ4v) is 3.25. The molecule has 0 saturated carbocycles. The highest BCUT2D eigenvalue weighted by Crippen LogP contribution is 2.17. The van der Waals surface area contributed by atoms with Gasteiger partial charge < -0.3 is 19.3 Å². The van der Waals surface area contributed by atoms with Gasteiger partial charge in [-0.15, -0.1) is 0 Å². The number of piperazine rings is 1. The number of nitrogens with zero attached hydrogens (tertiary/aromatic N) is 3. The highest BCUT2D eigenvalue weighted by Gasteiger charge is 2.22. The molecule has 1 aromatic heterocycles. The zero-order valence-electron chi connectivity index (χ0n) is 17.0. The van der Waals surface area contributed by atoms with Crippen LogP contribution < -0.4 is 9.64 Å². The number of anilines is 1. The molecule has 2 heterocycles. The SMILES string of the molecule is CCOC(=O)c1ccc(N2CCN(C(=O)Cc3ccc(OCC)cc3)CC2)nc1. The van der Waals surface area contributed by atoms with Gasteiger partial charge in [0.25, 0.3) is 0 Å². The van der Waals surface area contributed by atoms with Gasteiger partial charge in [-0.25, -0.2) is 9.78 Å². The number of esters is 1. The second-order valence-corrected chi connectivity index (χ2v) is 6.75. The normalized spacial score (nSPS) is 13.9. The van der Waals surface area contributed by atoms with Crippen molar-refractivity contribution in [3.8, 4) is 5.75 Å². The summed E-state index contributed by atoms with van der Waals surface area (Å²) in [6.45, 7) is 7.41. The van der Waals surface area contributed by atoms with E-state index in [1.165, 1.54) is 6.20 Å². The third-order valence-electron chi connectivity index (χ3n) is 4.81. The fourth-order valence-electron chi connectivity index (χ4n) is 3.25. The van der Waals surface area contributed by atoms with Crippen molar-refractivity contribution in [1.82, 2.24) is 9.88 Å². The minimum absolute atomic E-state index is 0.124. The summed E-state index contributed by atoms with van der Waals surface area (Å²) in [5.41, 5.74) is 1.43. The molecule has 1 amide bonds. The van der Waals surface area contributed by atoms with Crippen molar-refractivity contribution in [2.24, 2.45) is 0 Å². The molecule has 2 aromatic rings. The maximum Gasteiger partial charge on any atom is 0.339 e. The smallest absolute Gasteiger partial charge is 0.339 e. The molecule has 7 nitrogen and oxygen atoms in total. The monoisotopic (exact) mass is 397 g/mol. The predicted molar refractivity (Wildman–Crippen MR) is 110 cm³/mol. The molecular formula is C22H27N3O4. The van der Waals surface area contributed by atoms with Crippen molar-refractivity contribution >= 4 is 17.7 Å². The first-order valence-corrected chi connectivity index (χ1v) is 9.98. The molecule has 0 bridgehead atoms. The van der Waals surface area contributed by atoms with Crippen molar-refractivity contribution in [3.05, 3.63) is 53.7 Å². The first-order valence-electron chi connectivity index (χ1n) is 9.98. The van der Waals surface area contributed by atoms with Crippen molar-refractivity contribution in [3.63, 3.8) is 0 Å². The van der Waals surface area contributed by atoms with Gasteiger partial charge in [-0.2, -0.15) is 0 Å². The highest BCUT2D eigenvalue weighted by molar-refractivity contribution is 5.89. The van der Waals surface area contributed by atoms with Crippen molar-refractivity contribution in [1.29, 1.82) is 0 Å². The zero-order valence-corrected chi connectivity index (χ0v) is 17.0. The second kappa shape index (κ2) is 9.91. The molecule has 154 valence electrons. The van der Waals surface area contributed by atoms with E-state index in [1.54, 1.807) is 13.0 Å². The Kier molecular flexibility index (Phi) is 7.05. The highest BCUT2D eigenvalue weighted by atomic mass is 16.5. The van der Waals surface area contributed by atoms with Gasteiger partial charge in [0, 0.05) is 32.4 Å². The molecule has 7 heteroatoms. The first-order chi connectivity index (χ1) is 14.1. The van der Waals surface area contributed by atoms with Crippen LogP contribution in [0.4, 0.5) is 5.82 Å². The Morgan fingerprint density at radius 2 is 1.69 bits per heavy atom. The van der Waals surface area contributed by atoms with Crippen LogP contribution in [0.3, 0.4) is 0 Å². The average Bonchev–Trinajstić information content (AvgIpc) is 2.76. The lowest BCUT2D eigenvalue weighted by Gasteiger charge is -2.35. The molecule has 0 spiro atoms. The fraction of sp³-hybridized carbons (Fsp3) is 0.409. The minimum atomic E-state index is -0.365. The number of amides is 1. The molecule has 1 aromatic carbocycles. The Bertz CT molecular complexity index is 813. The van der Waals surface area contributed by atoms with Crippen LogP contribution in [0.5, 0.6) is 5.75 Å². The van der Waals surface area contributed by atoms with Crippen LogP contribution in [0.1, 0.15) is 29.8 Å². The topological polar surface area (TPSA) is 72.0 Å². The molecule has 0 atom stereocenters. The largest absolute Gasteiger partial charge is 0.494 e. The summed E-state index contributed by atoms with van der Waals surface area (Å²) in [7, 11) is 0. The minimum Gasteiger partial charge on any atom is -0.494 e. The Morgan fingerprint density at radius 3 is 2.28 bits per heavy atom. The lowest BCUT2D eigenvalue weighted by atomic mass is 10.1. The van der Waals surface area contributed by atoms with Gasteiger partial charge in [0.1, 0.15) is 11.6 Å². The van der Waals surface area contributed by atoms with Gasteiger partial charge in [0.15, 0.2) is 0 Å². The van der Waals surface area contributed by atoms with E-state index in [4.69, 9.17) is 9.47 Å². The maximum atomic E-state index is 12.6. The van der Waals surface area contributed by atoms with Crippen LogP contribution in [0, 0.1) is 0 Å². The van der Waals surface area contributed by atoms with E-state index in [1.807, 2.05) is 42.2 Å². The molecule has 29 heavy (non-hydrogen) atoms. The molecule has 1 aliphatic rings. The number of benzene rings is 1. The summed E-state index contributed by atoms with van der Waals surface area (Å²) in [6, 6.07) is 11.2. The number of pyridine rings is 1. The third kappa shape index (κ3) is 5.47. The van der Waals surface area contributed by atoms with Crippen molar-refractivity contribution in [2.75, 3.05) is 44.3 Å². The number of carbonyl (C=O) groups is 2. The average molecular weight is 397 g/mol. The Morgan fingerprint density at radius 1 is 0.966 bits per heavy atom. The summed E-state index contributed by atoms with van der Waals surface area (Å²) in [6.07, 6.45) is 1.93. The zero-order chi connectivity index (χ0) is 20.6. The molecule has 0 radical (unpaired) electrons. The first kappa shape index (κ1) is 20.6. The molecule has 1 saturated heterocycles. The van der Waals surface area contributed by atoms with Gasteiger partial charge in [0.2, 0.25) is 5.91 Å². The van der Waals surface area contributed by atoms with Crippen LogP contribution >= 0.6 is 0 Å². The molecule has 0 N–H and O–H groups in total. The second-order valence-electron chi connectivity index (χ2n) is 6.75. The summed E-state index contributed by atoms with van der Waals surface area (Å²) >= 11 is 0. The molecule has 1 aliphatic heterocycles. The lowest BCUT2D eigenvalue weighted by Crippen LogP contribution is -2.49. The Labute approximate surface area is 171 Å². The summed E-state index contributed by atoms with van der Waals surface area (Å²) in [5.74, 6) is 1.38. The quantitative estimate of drug-likeness (QED) is 0.669. The van der Waals surface area contributed by atoms with Gasteiger partial charge in [-0.3, -0.25) is 4.79 Å². The molecule has 0 unspecified atom stereocenters. The Balaban J connectivity index is 1.50. The van der Waals surface area contributed by atoms with E-state index in [-0.39, 0.29) is 11.9 Å². The van der Waals surface area contributed by atoms with Crippen LogP contribution in [0.25, 0.3) is 0 Å². The Hall–Kier alpha value is -3.09. The number of ether oxygens (including phenoxy) is 2. The van der Waals surface area contributed by atoms with Crippen molar-refractivity contribution < 1.29 is 19.1 Å². The summed E-state index contributed by atoms with van der Waals surface area (Å²) < 4.78 is 10.4. The van der Waals surface area contributed by atoms with E-state index in [9.17, 15) is 9.59 Å². The number of rotatable bonds is 7. The van der Waals surface area contributed by atoms with E-state index in [0.717, 1.165) is 17.1 Å². The number of aromatic nitrogens is 1. The molecule has 0 aliphatic carbocycles. The summed E-state index contributed by atoms with van der Waals surface area (Å²) in [4.78, 5) is 32.7. The van der Waals surface area contributed by atoms with E-state index in [2.05, 4.69) is 9.88 Å². The summed E-state index contributed by atoms with van der Waals surface area (Å²) in [5, 5.41) is 0. The third-order valence-corrected chi connectivity index (χ3v) is 4.81. The standard InChI is InChI=1S/C22H27N3O4/c1-3-28-19-8-5-17(6-9-19)15-21(26)25-13-11-24(12-14-25)20-10-7-18(16-23-20)22(27)29-4-2/h5-10,16H,3-4,11-15H2,1-2H3. The van der Waals surface area contributed by atoms with Crippen LogP contribution in [0.2, 0.25) is 0 Å². The predicted octanol–water partition coefficient (Wildman–Crippen LogP) is 2.55. The molecular weight excluding hydrogens is 370 g/mol. The van der Waals surface area contributed by atoms with Crippen molar-refractivity contribution in [2.45, 2.75) is 20.3 Å². The van der Waals surface area contributed by atoms with E-state index >= 15 is 0 Å². The lowest BCUT2D eigenvalue weighted by molar-refractivity contribution is -0.130. The van der Waals surface area contributed by atoms with Crippen LogP contribution in [-0.2, 0) is 16.0 Å². The van der Waals surface area contributed by atoms with Crippen LogP contribution in [-0.4, -0.2) is 61.2 Å². The van der Waals surface area contributed by atoms with Crippen LogP contribution in [0.15, 0.2) is 42.6 Å². The molecule has 3 rings (SSSR count). The van der Waals surface area contributed by atoms with E-state index in [0.29, 0.717) is 51.4 Å². The number of hydrogen-bond acceptors (Lipinski definition) is 6. The number of carbonyl (C=O) groups excluding carboxylic acids is 2. The van der Waals surface area contributed by atoms with Gasteiger partial charge >= 0.3 is 5.97 Å².